The Balaban J connectivity index is 0.000000186. The molecule has 0 fully saturated rings. The van der Waals surface area contributed by atoms with E-state index in [1.54, 1.807) is 0 Å². The number of hydrogen-bond donors (Lipinski definition) is 2. The van der Waals surface area contributed by atoms with Gasteiger partial charge < -0.3 is 11.5 Å². The third-order valence-electron chi connectivity index (χ3n) is 3.86. The molecule has 0 saturated carbocycles. The first-order valence-corrected chi connectivity index (χ1v) is 11.8. The molecule has 19 heteroatoms. The fourth-order valence-electron chi connectivity index (χ4n) is 2.48. The fourth-order valence-corrected chi connectivity index (χ4v) is 3.39. The van der Waals surface area contributed by atoms with Gasteiger partial charge in [0.2, 0.25) is 0 Å². The van der Waals surface area contributed by atoms with E-state index in [2.05, 4.69) is 30.6 Å². The second-order valence-electron chi connectivity index (χ2n) is 6.17. The summed E-state index contributed by atoms with van der Waals surface area (Å²) in [5.41, 5.74) is 9.03. The van der Waals surface area contributed by atoms with Crippen molar-refractivity contribution >= 4 is 45.7 Å². The van der Waals surface area contributed by atoms with E-state index in [9.17, 15) is 23.4 Å². The molecule has 1 unspecified atom stereocenters. The van der Waals surface area contributed by atoms with Crippen LogP contribution in [-0.2, 0) is 22.6 Å². The standard InChI is InChI=1S/C7H8N6O3S.C7H8N6O2S/c1-17(16)3-13-7(15)12-2-9-4(5(8)14)6(12)10-11-13;1-16-3-13-7(15)12-2-9-4(5(8)14)6(12)10-11-13/h2H,3H2,1H3,(H2,8,14);2H,3H2,1H3,(H2,8,14). The quantitative estimate of drug-likeness (QED) is 0.264. The molecule has 2 amide bonds. The van der Waals surface area contributed by atoms with Crippen molar-refractivity contribution in [2.24, 2.45) is 11.5 Å². The first-order valence-electron chi connectivity index (χ1n) is 8.66. The molecular formula is C14H16N12O5S2. The van der Waals surface area contributed by atoms with E-state index in [1.165, 1.54) is 29.0 Å². The average Bonchev–Trinajstić information content (AvgIpc) is 3.38. The van der Waals surface area contributed by atoms with Crippen LogP contribution in [0.25, 0.3) is 11.3 Å². The summed E-state index contributed by atoms with van der Waals surface area (Å²) in [4.78, 5) is 52.9. The molecule has 0 radical (unpaired) electrons. The van der Waals surface area contributed by atoms with Crippen LogP contribution in [0.15, 0.2) is 22.2 Å². The van der Waals surface area contributed by atoms with Gasteiger partial charge in [-0.2, -0.15) is 9.36 Å². The van der Waals surface area contributed by atoms with Gasteiger partial charge in [0.05, 0.1) is 5.88 Å². The molecule has 0 bridgehead atoms. The van der Waals surface area contributed by atoms with Crippen LogP contribution >= 0.6 is 11.8 Å². The van der Waals surface area contributed by atoms with Crippen LogP contribution in [0, 0.1) is 0 Å². The maximum atomic E-state index is 11.8. The van der Waals surface area contributed by atoms with Gasteiger partial charge in [-0.05, 0) is 6.26 Å². The molecule has 0 saturated heterocycles. The second kappa shape index (κ2) is 9.65. The summed E-state index contributed by atoms with van der Waals surface area (Å²) in [5, 5.41) is 14.6. The summed E-state index contributed by atoms with van der Waals surface area (Å²) in [6.45, 7) is 0. The number of carbonyl (C=O) groups is 2. The predicted octanol–water partition coefficient (Wildman–Crippen LogP) is -3.57. The van der Waals surface area contributed by atoms with E-state index >= 15 is 0 Å². The lowest BCUT2D eigenvalue weighted by atomic mass is 10.4. The topological polar surface area (TPSA) is 233 Å². The Morgan fingerprint density at radius 1 is 0.939 bits per heavy atom. The summed E-state index contributed by atoms with van der Waals surface area (Å²) >= 11 is 1.43. The Morgan fingerprint density at radius 3 is 1.82 bits per heavy atom. The van der Waals surface area contributed by atoms with Crippen LogP contribution in [0.3, 0.4) is 0 Å². The van der Waals surface area contributed by atoms with Crippen LogP contribution in [-0.4, -0.2) is 77.3 Å². The van der Waals surface area contributed by atoms with Crippen LogP contribution in [0.5, 0.6) is 0 Å². The summed E-state index contributed by atoms with van der Waals surface area (Å²) in [7, 11) is -1.24. The van der Waals surface area contributed by atoms with Gasteiger partial charge in [-0.25, -0.2) is 28.4 Å². The number of nitrogens with two attached hydrogens (primary N) is 2. The minimum Gasteiger partial charge on any atom is -0.364 e. The fraction of sp³-hybridized carbons (Fsp3) is 0.286. The first-order chi connectivity index (χ1) is 15.6. The zero-order valence-corrected chi connectivity index (χ0v) is 18.7. The van der Waals surface area contributed by atoms with Gasteiger partial charge >= 0.3 is 11.4 Å². The number of hydrogen-bond acceptors (Lipinski definition) is 12. The molecule has 4 aromatic rings. The third-order valence-corrected chi connectivity index (χ3v) is 4.97. The van der Waals surface area contributed by atoms with Gasteiger partial charge in [0.15, 0.2) is 22.7 Å². The van der Waals surface area contributed by atoms with E-state index in [-0.39, 0.29) is 28.6 Å². The van der Waals surface area contributed by atoms with Gasteiger partial charge in [0.1, 0.15) is 18.5 Å². The van der Waals surface area contributed by atoms with Crippen LogP contribution in [0.4, 0.5) is 0 Å². The lowest BCUT2D eigenvalue weighted by Gasteiger charge is -2.00. The molecule has 4 heterocycles. The molecule has 174 valence electrons. The molecular weight excluding hydrogens is 480 g/mol. The van der Waals surface area contributed by atoms with Crippen LogP contribution < -0.4 is 22.8 Å². The summed E-state index contributed by atoms with van der Waals surface area (Å²) in [6, 6.07) is 0. The monoisotopic (exact) mass is 496 g/mol. The lowest BCUT2D eigenvalue weighted by molar-refractivity contribution is 0.0989. The summed E-state index contributed by atoms with van der Waals surface area (Å²) in [6.07, 6.45) is 5.60. The molecule has 0 aliphatic heterocycles. The van der Waals surface area contributed by atoms with Gasteiger partial charge in [-0.15, -0.1) is 22.0 Å². The van der Waals surface area contributed by atoms with Crippen molar-refractivity contribution in [3.8, 4) is 0 Å². The van der Waals surface area contributed by atoms with E-state index in [4.69, 9.17) is 11.5 Å². The zero-order chi connectivity index (χ0) is 24.3. The number of amides is 2. The highest BCUT2D eigenvalue weighted by Gasteiger charge is 2.16. The highest BCUT2D eigenvalue weighted by atomic mass is 32.2. The number of carbonyl (C=O) groups excluding carboxylic acids is 2. The molecule has 0 aliphatic rings. The molecule has 33 heavy (non-hydrogen) atoms. The van der Waals surface area contributed by atoms with Crippen molar-refractivity contribution in [2.45, 2.75) is 11.8 Å². The predicted molar refractivity (Wildman–Crippen MR) is 115 cm³/mol. The SMILES string of the molecule is CS(=O)Cn1nnc2c(C(N)=O)ncn2c1=O.CSCn1nnc2c(C(N)=O)ncn2c1=O. The summed E-state index contributed by atoms with van der Waals surface area (Å²) in [5.74, 6) is -1.23. The van der Waals surface area contributed by atoms with E-state index < -0.39 is 34.0 Å². The van der Waals surface area contributed by atoms with Crippen molar-refractivity contribution in [3.63, 3.8) is 0 Å². The second-order valence-corrected chi connectivity index (χ2v) is 8.41. The molecule has 0 aromatic carbocycles. The number of primary amides is 2. The molecule has 4 aromatic heterocycles. The Morgan fingerprint density at radius 2 is 1.39 bits per heavy atom. The Kier molecular flexibility index (Phi) is 6.92. The Hall–Kier alpha value is -4.00. The van der Waals surface area contributed by atoms with Crippen LogP contribution in [0.1, 0.15) is 21.0 Å². The number of aromatic nitrogens is 10. The van der Waals surface area contributed by atoms with Gasteiger partial charge in [0, 0.05) is 17.1 Å². The third kappa shape index (κ3) is 4.77. The normalized spacial score (nSPS) is 11.8. The maximum absolute atomic E-state index is 11.8. The van der Waals surface area contributed by atoms with E-state index in [0.717, 1.165) is 19.8 Å². The molecule has 0 aliphatic carbocycles. The number of rotatable bonds is 6. The molecule has 0 spiro atoms. The summed E-state index contributed by atoms with van der Waals surface area (Å²) < 4.78 is 15.3. The Labute approximate surface area is 189 Å². The highest BCUT2D eigenvalue weighted by molar-refractivity contribution is 7.97. The smallest absolute Gasteiger partial charge is 0.353 e. The van der Waals surface area contributed by atoms with Gasteiger partial charge in [-0.1, -0.05) is 10.4 Å². The first kappa shape index (κ1) is 23.7. The zero-order valence-electron chi connectivity index (χ0n) is 17.1. The van der Waals surface area contributed by atoms with E-state index in [1.807, 2.05) is 6.26 Å². The van der Waals surface area contributed by atoms with Crippen molar-refractivity contribution < 1.29 is 13.8 Å². The number of imidazole rings is 2. The minimum absolute atomic E-state index is 0.0133. The van der Waals surface area contributed by atoms with Crippen molar-refractivity contribution in [1.29, 1.82) is 0 Å². The highest BCUT2D eigenvalue weighted by Crippen LogP contribution is 2.02. The maximum Gasteiger partial charge on any atom is 0.353 e. The largest absolute Gasteiger partial charge is 0.364 e. The number of thioether (sulfide) groups is 1. The van der Waals surface area contributed by atoms with Crippen LogP contribution in [0.2, 0.25) is 0 Å². The molecule has 4 rings (SSSR count). The minimum atomic E-state index is -1.24. The number of fused-ring (bicyclic) bond motifs is 2. The molecule has 1 atom stereocenters. The average molecular weight is 496 g/mol. The van der Waals surface area contributed by atoms with Crippen molar-refractivity contribution in [1.82, 2.24) is 48.8 Å². The molecule has 17 nitrogen and oxygen atoms in total. The van der Waals surface area contributed by atoms with Crippen molar-refractivity contribution in [3.05, 3.63) is 45.0 Å². The van der Waals surface area contributed by atoms with Gasteiger partial charge in [0.25, 0.3) is 11.8 Å². The number of nitrogens with zero attached hydrogens (tertiary/aromatic N) is 10. The van der Waals surface area contributed by atoms with E-state index in [0.29, 0.717) is 5.88 Å². The molecule has 4 N–H and O–H groups in total. The lowest BCUT2D eigenvalue weighted by Crippen LogP contribution is -2.31. The Bertz CT molecular complexity index is 1500. The van der Waals surface area contributed by atoms with Crippen molar-refractivity contribution in [2.75, 3.05) is 12.5 Å². The van der Waals surface area contributed by atoms with Gasteiger partial charge in [-0.3, -0.25) is 13.8 Å².